The van der Waals surface area contributed by atoms with Gasteiger partial charge in [0.05, 0.1) is 19.3 Å². The van der Waals surface area contributed by atoms with Gasteiger partial charge in [-0.2, -0.15) is 0 Å². The van der Waals surface area contributed by atoms with E-state index >= 15 is 0 Å². The third-order valence-corrected chi connectivity index (χ3v) is 19.4. The summed E-state index contributed by atoms with van der Waals surface area (Å²) in [7, 11) is -2.62. The van der Waals surface area contributed by atoms with Crippen molar-refractivity contribution in [2.24, 2.45) is 5.92 Å². The highest BCUT2D eigenvalue weighted by Crippen LogP contribution is 2.47. The Labute approximate surface area is 272 Å². The molecule has 250 valence electrons. The number of hydrogen-bond acceptors (Lipinski definition) is 5. The molecule has 1 aromatic rings. The minimum absolute atomic E-state index is 0.0187. The summed E-state index contributed by atoms with van der Waals surface area (Å²) in [6.45, 7) is 25.2. The fourth-order valence-electron chi connectivity index (χ4n) is 5.50. The maximum atomic E-state index is 13.5. The molecule has 0 spiro atoms. The largest absolute Gasteiger partial charge is 0.469 e. The Morgan fingerprint density at radius 3 is 2.09 bits per heavy atom. The number of allylic oxidation sites excluding steroid dienone is 2. The van der Waals surface area contributed by atoms with Gasteiger partial charge in [-0.3, -0.25) is 9.59 Å². The topological polar surface area (TPSA) is 61.8 Å². The molecule has 44 heavy (non-hydrogen) atoms. The van der Waals surface area contributed by atoms with Gasteiger partial charge in [-0.05, 0) is 73.1 Å². The molecule has 2 unspecified atom stereocenters. The van der Waals surface area contributed by atoms with Crippen LogP contribution in [0.5, 0.6) is 0 Å². The van der Waals surface area contributed by atoms with E-state index in [0.29, 0.717) is 25.0 Å². The van der Waals surface area contributed by atoms with Crippen LogP contribution in [0.3, 0.4) is 0 Å². The van der Waals surface area contributed by atoms with Gasteiger partial charge in [0.2, 0.25) is 0 Å². The van der Waals surface area contributed by atoms with E-state index in [-0.39, 0.29) is 40.1 Å². The number of unbranched alkanes of at least 4 members (excludes halogenated alkanes) is 3. The van der Waals surface area contributed by atoms with E-state index in [9.17, 15) is 9.59 Å². The van der Waals surface area contributed by atoms with Crippen LogP contribution in [-0.4, -0.2) is 41.6 Å². The second-order valence-electron chi connectivity index (χ2n) is 15.9. The standard InChI is InChI=1S/C37H64O5Si2/c1-13-14-17-21-32(41-43(9,10)36(2,3)4)28-23-25-29(26-24-28)35-30(20-18-15-16-19-22-34(39)40-8)31(38)27-33(35)42-44(11,12)37(5,6)7/h15,18,23-26,30,32-33,35H,13-14,16-17,19-22,27H2,1-12H3/b18-15-/t30?,32?,33-,35-/m1/s1. The first-order valence-corrected chi connectivity index (χ1v) is 22.9. The van der Waals surface area contributed by atoms with Crippen molar-refractivity contribution in [2.45, 2.75) is 161 Å². The first kappa shape index (κ1) is 38.6. The van der Waals surface area contributed by atoms with Crippen molar-refractivity contribution in [3.63, 3.8) is 0 Å². The molecule has 1 aliphatic carbocycles. The SMILES string of the molecule is CCCCCC(O[Si](C)(C)C(C)(C)C)c1ccc([C@@H]2C(C/C=C\CCCC(=O)OC)C(=O)C[C@H]2O[Si](C)(C)C(C)(C)C)cc1. The zero-order valence-corrected chi connectivity index (χ0v) is 32.2. The summed E-state index contributed by atoms with van der Waals surface area (Å²) in [4.78, 5) is 25.0. The summed E-state index contributed by atoms with van der Waals surface area (Å²) in [5.74, 6) is 0.0167. The van der Waals surface area contributed by atoms with Crippen molar-refractivity contribution in [1.82, 2.24) is 0 Å². The van der Waals surface area contributed by atoms with E-state index in [1.165, 1.54) is 31.1 Å². The number of ketones is 1. The van der Waals surface area contributed by atoms with Crippen molar-refractivity contribution in [1.29, 1.82) is 0 Å². The van der Waals surface area contributed by atoms with Crippen LogP contribution in [0.2, 0.25) is 36.3 Å². The van der Waals surface area contributed by atoms with E-state index < -0.39 is 16.6 Å². The molecular weight excluding hydrogens is 581 g/mol. The van der Waals surface area contributed by atoms with Crippen molar-refractivity contribution in [3.05, 3.63) is 47.5 Å². The van der Waals surface area contributed by atoms with Crippen molar-refractivity contribution in [3.8, 4) is 0 Å². The maximum absolute atomic E-state index is 13.5. The molecule has 0 saturated heterocycles. The van der Waals surface area contributed by atoms with Crippen LogP contribution in [0.25, 0.3) is 0 Å². The quantitative estimate of drug-likeness (QED) is 0.0775. The zero-order valence-electron chi connectivity index (χ0n) is 30.2. The summed E-state index contributed by atoms with van der Waals surface area (Å²) in [5, 5.41) is 0.212. The van der Waals surface area contributed by atoms with E-state index in [0.717, 1.165) is 25.7 Å². The van der Waals surface area contributed by atoms with Gasteiger partial charge in [0.15, 0.2) is 16.6 Å². The lowest BCUT2D eigenvalue weighted by atomic mass is 9.84. The van der Waals surface area contributed by atoms with Crippen molar-refractivity contribution in [2.75, 3.05) is 7.11 Å². The lowest BCUT2D eigenvalue weighted by Crippen LogP contribution is -2.44. The van der Waals surface area contributed by atoms with E-state index in [4.69, 9.17) is 13.6 Å². The molecule has 0 aromatic heterocycles. The molecule has 0 aliphatic heterocycles. The monoisotopic (exact) mass is 644 g/mol. The number of hydrogen-bond donors (Lipinski definition) is 0. The highest BCUT2D eigenvalue weighted by atomic mass is 28.4. The molecule has 1 aliphatic rings. The molecule has 7 heteroatoms. The van der Waals surface area contributed by atoms with Crippen LogP contribution in [0.1, 0.15) is 129 Å². The zero-order chi connectivity index (χ0) is 33.3. The van der Waals surface area contributed by atoms with Gasteiger partial charge in [0.25, 0.3) is 0 Å². The van der Waals surface area contributed by atoms with Crippen LogP contribution in [-0.2, 0) is 23.2 Å². The third kappa shape index (κ3) is 10.8. The molecule has 2 rings (SSSR count). The Bertz CT molecular complexity index is 1080. The Balaban J connectivity index is 2.37. The van der Waals surface area contributed by atoms with Crippen LogP contribution >= 0.6 is 0 Å². The predicted octanol–water partition coefficient (Wildman–Crippen LogP) is 10.7. The molecule has 0 bridgehead atoms. The normalized spacial score (nSPS) is 20.8. The van der Waals surface area contributed by atoms with Crippen LogP contribution in [0.15, 0.2) is 36.4 Å². The lowest BCUT2D eigenvalue weighted by molar-refractivity contribution is -0.140. The second kappa shape index (κ2) is 16.3. The summed E-state index contributed by atoms with van der Waals surface area (Å²) >= 11 is 0. The average molecular weight is 645 g/mol. The molecule has 0 heterocycles. The summed E-state index contributed by atoms with van der Waals surface area (Å²) in [6, 6.07) is 9.00. The number of benzene rings is 1. The lowest BCUT2D eigenvalue weighted by Gasteiger charge is -2.40. The smallest absolute Gasteiger partial charge is 0.305 e. The molecule has 0 N–H and O–H groups in total. The number of esters is 1. The molecule has 5 nitrogen and oxygen atoms in total. The molecule has 4 atom stereocenters. The van der Waals surface area contributed by atoms with Crippen LogP contribution < -0.4 is 0 Å². The fraction of sp³-hybridized carbons (Fsp3) is 0.730. The number of methoxy groups -OCH3 is 1. The Kier molecular flexibility index (Phi) is 14.3. The molecule has 1 saturated carbocycles. The maximum Gasteiger partial charge on any atom is 0.305 e. The summed E-state index contributed by atoms with van der Waals surface area (Å²) in [5.41, 5.74) is 2.43. The highest BCUT2D eigenvalue weighted by Gasteiger charge is 2.48. The van der Waals surface area contributed by atoms with Gasteiger partial charge >= 0.3 is 5.97 Å². The van der Waals surface area contributed by atoms with Gasteiger partial charge in [-0.1, -0.05) is 104 Å². The Hall–Kier alpha value is -1.55. The second-order valence-corrected chi connectivity index (χ2v) is 25.4. The van der Waals surface area contributed by atoms with Gasteiger partial charge < -0.3 is 13.6 Å². The first-order valence-electron chi connectivity index (χ1n) is 17.0. The number of carbonyl (C=O) groups is 2. The van der Waals surface area contributed by atoms with E-state index in [2.05, 4.69) is 111 Å². The Morgan fingerprint density at radius 2 is 1.55 bits per heavy atom. The van der Waals surface area contributed by atoms with Crippen LogP contribution in [0.4, 0.5) is 0 Å². The summed E-state index contributed by atoms with van der Waals surface area (Å²) in [6.07, 6.45) is 11.9. The first-order chi connectivity index (χ1) is 20.3. The van der Waals surface area contributed by atoms with Gasteiger partial charge in [-0.25, -0.2) is 0 Å². The van der Waals surface area contributed by atoms with Gasteiger partial charge in [0.1, 0.15) is 5.78 Å². The number of rotatable bonds is 16. The van der Waals surface area contributed by atoms with E-state index in [1.807, 2.05) is 0 Å². The molecule has 1 aromatic carbocycles. The number of carbonyl (C=O) groups excluding carboxylic acids is 2. The van der Waals surface area contributed by atoms with E-state index in [1.54, 1.807) is 0 Å². The minimum atomic E-state index is -2.09. The average Bonchev–Trinajstić information content (AvgIpc) is 3.22. The highest BCUT2D eigenvalue weighted by molar-refractivity contribution is 6.74. The van der Waals surface area contributed by atoms with Crippen LogP contribution in [0, 0.1) is 5.92 Å². The fourth-order valence-corrected chi connectivity index (χ4v) is 8.16. The molecular formula is C37H64O5Si2. The minimum Gasteiger partial charge on any atom is -0.469 e. The van der Waals surface area contributed by atoms with Gasteiger partial charge in [-0.15, -0.1) is 0 Å². The van der Waals surface area contributed by atoms with Crippen molar-refractivity contribution < 1.29 is 23.2 Å². The number of ether oxygens (including phenoxy) is 1. The third-order valence-electron chi connectivity index (χ3n) is 10.4. The Morgan fingerprint density at radius 1 is 0.932 bits per heavy atom. The van der Waals surface area contributed by atoms with Crippen molar-refractivity contribution >= 4 is 28.4 Å². The molecule has 0 amide bonds. The van der Waals surface area contributed by atoms with Gasteiger partial charge in [0, 0.05) is 24.7 Å². The number of Topliss-reactive ketones (excluding diaryl/α,β-unsaturated/α-hetero) is 1. The summed E-state index contributed by atoms with van der Waals surface area (Å²) < 4.78 is 18.7. The molecule has 0 radical (unpaired) electrons. The molecule has 1 fully saturated rings. The predicted molar refractivity (Wildman–Crippen MR) is 189 cm³/mol.